The van der Waals surface area contributed by atoms with Gasteiger partial charge >= 0.3 is 0 Å². The van der Waals surface area contributed by atoms with Crippen LogP contribution in [0.25, 0.3) is 22.2 Å². The van der Waals surface area contributed by atoms with Gasteiger partial charge in [0.15, 0.2) is 0 Å². The van der Waals surface area contributed by atoms with E-state index in [1.807, 2.05) is 12.3 Å². The van der Waals surface area contributed by atoms with Crippen LogP contribution in [0.5, 0.6) is 0 Å². The molecule has 9 nitrogen and oxygen atoms in total. The van der Waals surface area contributed by atoms with Gasteiger partial charge in [0.1, 0.15) is 11.4 Å². The molecule has 3 aromatic heterocycles. The van der Waals surface area contributed by atoms with Crippen molar-refractivity contribution >= 4 is 22.6 Å². The first-order valence-electron chi connectivity index (χ1n) is 12.2. The maximum absolute atomic E-state index is 11.7. The van der Waals surface area contributed by atoms with E-state index in [1.54, 1.807) is 7.11 Å². The molecular formula is C26H30N4O5. The van der Waals surface area contributed by atoms with Gasteiger partial charge in [0.25, 0.3) is 0 Å². The molecule has 1 amide bonds. The van der Waals surface area contributed by atoms with Gasteiger partial charge in [-0.05, 0) is 36.1 Å². The van der Waals surface area contributed by atoms with E-state index in [-0.39, 0.29) is 11.9 Å². The summed E-state index contributed by atoms with van der Waals surface area (Å²) in [6, 6.07) is 4.30. The number of ether oxygens (including phenoxy) is 4. The Kier molecular flexibility index (Phi) is 5.80. The number of nitrogens with one attached hydrogen (secondary N) is 1. The number of hydrogen-bond acceptors (Lipinski definition) is 7. The van der Waals surface area contributed by atoms with Crippen LogP contribution in [0.2, 0.25) is 0 Å². The Labute approximate surface area is 203 Å². The first kappa shape index (κ1) is 22.6. The van der Waals surface area contributed by atoms with Gasteiger partial charge in [-0.15, -0.1) is 0 Å². The molecule has 0 saturated carbocycles. The van der Waals surface area contributed by atoms with Crippen LogP contribution in [0.3, 0.4) is 0 Å². The number of amides is 1. The fraction of sp³-hybridized carbons (Fsp3) is 0.500. The van der Waals surface area contributed by atoms with Crippen molar-refractivity contribution in [1.29, 1.82) is 0 Å². The topological polar surface area (TPSA) is 96.7 Å². The van der Waals surface area contributed by atoms with Crippen LogP contribution in [0.15, 0.2) is 24.5 Å². The van der Waals surface area contributed by atoms with Crippen LogP contribution in [-0.2, 0) is 42.4 Å². The summed E-state index contributed by atoms with van der Waals surface area (Å²) in [7, 11) is 1.72. The molecule has 9 heteroatoms. The minimum atomic E-state index is -0.507. The number of fused-ring (bicyclic) bond motifs is 3. The number of rotatable bonds is 5. The van der Waals surface area contributed by atoms with E-state index in [0.717, 1.165) is 59.3 Å². The fourth-order valence-corrected chi connectivity index (χ4v) is 5.61. The van der Waals surface area contributed by atoms with Crippen molar-refractivity contribution in [3.05, 3.63) is 41.3 Å². The Bertz CT molecular complexity index is 1270. The minimum absolute atomic E-state index is 0.156. The van der Waals surface area contributed by atoms with Gasteiger partial charge in [-0.1, -0.05) is 0 Å². The lowest BCUT2D eigenvalue weighted by atomic mass is 9.87. The number of carbonyl (C=O) groups excluding carboxylic acids is 1. The van der Waals surface area contributed by atoms with Crippen LogP contribution in [0.4, 0.5) is 5.82 Å². The minimum Gasteiger partial charge on any atom is -0.380 e. The van der Waals surface area contributed by atoms with Gasteiger partial charge in [0, 0.05) is 50.8 Å². The zero-order valence-corrected chi connectivity index (χ0v) is 20.1. The molecule has 3 aliphatic rings. The van der Waals surface area contributed by atoms with Gasteiger partial charge in [-0.25, -0.2) is 9.97 Å². The van der Waals surface area contributed by atoms with E-state index in [4.69, 9.17) is 23.9 Å². The number of nitrogens with zero attached hydrogens (tertiary/aromatic N) is 3. The van der Waals surface area contributed by atoms with Gasteiger partial charge in [-0.3, -0.25) is 4.79 Å². The molecule has 1 N–H and O–H groups in total. The summed E-state index contributed by atoms with van der Waals surface area (Å²) >= 11 is 0. The summed E-state index contributed by atoms with van der Waals surface area (Å²) in [4.78, 5) is 21.4. The molecule has 6 heterocycles. The Morgan fingerprint density at radius 2 is 2.20 bits per heavy atom. The Morgan fingerprint density at radius 3 is 2.94 bits per heavy atom. The third-order valence-electron chi connectivity index (χ3n) is 7.26. The second-order valence-corrected chi connectivity index (χ2v) is 9.56. The van der Waals surface area contributed by atoms with Crippen molar-refractivity contribution in [2.24, 2.45) is 0 Å². The molecular weight excluding hydrogens is 448 g/mol. The van der Waals surface area contributed by atoms with Crippen molar-refractivity contribution in [2.45, 2.75) is 44.4 Å². The molecule has 0 aromatic carbocycles. The van der Waals surface area contributed by atoms with Gasteiger partial charge in [0.2, 0.25) is 5.91 Å². The quantitative estimate of drug-likeness (QED) is 0.601. The molecule has 2 fully saturated rings. The predicted molar refractivity (Wildman–Crippen MR) is 129 cm³/mol. The normalized spacial score (nSPS) is 23.8. The number of anilines is 1. The molecule has 2 atom stereocenters. The summed E-state index contributed by atoms with van der Waals surface area (Å²) < 4.78 is 25.6. The predicted octanol–water partition coefficient (Wildman–Crippen LogP) is 3.35. The third kappa shape index (κ3) is 3.92. The van der Waals surface area contributed by atoms with E-state index < -0.39 is 5.60 Å². The molecule has 0 radical (unpaired) electrons. The Morgan fingerprint density at radius 1 is 1.29 bits per heavy atom. The zero-order chi connectivity index (χ0) is 24.0. The molecule has 0 aliphatic carbocycles. The number of aromatic nitrogens is 3. The highest BCUT2D eigenvalue weighted by atomic mass is 16.6. The zero-order valence-electron chi connectivity index (χ0n) is 20.1. The lowest BCUT2D eigenvalue weighted by molar-refractivity contribution is -0.114. The second-order valence-electron chi connectivity index (χ2n) is 9.56. The van der Waals surface area contributed by atoms with Gasteiger partial charge < -0.3 is 28.8 Å². The average Bonchev–Trinajstić information content (AvgIpc) is 3.60. The largest absolute Gasteiger partial charge is 0.380 e. The highest BCUT2D eigenvalue weighted by Crippen LogP contribution is 2.42. The summed E-state index contributed by atoms with van der Waals surface area (Å²) in [5.41, 5.74) is 5.63. The Hall–Kier alpha value is -2.85. The number of methoxy groups -OCH3 is 1. The summed E-state index contributed by atoms with van der Waals surface area (Å²) in [6.07, 6.45) is 6.52. The van der Waals surface area contributed by atoms with Crippen molar-refractivity contribution in [1.82, 2.24) is 14.5 Å². The van der Waals surface area contributed by atoms with Crippen LogP contribution in [-0.4, -0.2) is 60.6 Å². The van der Waals surface area contributed by atoms with E-state index >= 15 is 0 Å². The number of carbonyl (C=O) groups is 1. The van der Waals surface area contributed by atoms with Gasteiger partial charge in [-0.2, -0.15) is 0 Å². The van der Waals surface area contributed by atoms with Crippen molar-refractivity contribution in [3.8, 4) is 11.3 Å². The van der Waals surface area contributed by atoms with Crippen LogP contribution < -0.4 is 5.32 Å². The fourth-order valence-electron chi connectivity index (χ4n) is 5.61. The standard InChI is InChI=1S/C26H30N4O5/c1-16(31)28-24-10-20-21(12-30(23(20)11-27-24)18-3-6-33-14-18)22-9-17(13-32-2)19-4-7-35-26(25(19)29-22)5-8-34-15-26/h9-12,18H,3-8,13-15H2,1-2H3,(H,27,28,31)/t18-,26?/m1/s1. The van der Waals surface area contributed by atoms with Gasteiger partial charge in [0.05, 0.1) is 55.6 Å². The van der Waals surface area contributed by atoms with Crippen molar-refractivity contribution < 1.29 is 23.7 Å². The molecule has 2 saturated heterocycles. The molecule has 6 rings (SSSR count). The molecule has 1 unspecified atom stereocenters. The van der Waals surface area contributed by atoms with Crippen LogP contribution >= 0.6 is 0 Å². The van der Waals surface area contributed by atoms with E-state index in [2.05, 4.69) is 27.1 Å². The number of pyridine rings is 2. The lowest BCUT2D eigenvalue weighted by Gasteiger charge is -2.35. The molecule has 1 spiro atoms. The maximum Gasteiger partial charge on any atom is 0.222 e. The monoisotopic (exact) mass is 478 g/mol. The molecule has 0 bridgehead atoms. The SMILES string of the molecule is COCc1cc(-c2cn([C@@H]3CCOC3)c3cnc(NC(C)=O)cc23)nc2c1CCOC21CCOC1. The third-order valence-corrected chi connectivity index (χ3v) is 7.26. The highest BCUT2D eigenvalue weighted by Gasteiger charge is 2.44. The molecule has 3 aliphatic heterocycles. The first-order valence-corrected chi connectivity index (χ1v) is 12.2. The van der Waals surface area contributed by atoms with Crippen molar-refractivity contribution in [2.75, 3.05) is 45.5 Å². The van der Waals surface area contributed by atoms with Crippen molar-refractivity contribution in [3.63, 3.8) is 0 Å². The Balaban J connectivity index is 1.56. The number of hydrogen-bond donors (Lipinski definition) is 1. The average molecular weight is 479 g/mol. The molecule has 184 valence electrons. The molecule has 35 heavy (non-hydrogen) atoms. The highest BCUT2D eigenvalue weighted by molar-refractivity contribution is 5.98. The van der Waals surface area contributed by atoms with Crippen LogP contribution in [0, 0.1) is 0 Å². The van der Waals surface area contributed by atoms with E-state index in [1.165, 1.54) is 12.5 Å². The summed E-state index contributed by atoms with van der Waals surface area (Å²) in [5.74, 6) is 0.363. The first-order chi connectivity index (χ1) is 17.1. The lowest BCUT2D eigenvalue weighted by Crippen LogP contribution is -2.38. The second kappa shape index (κ2) is 8.98. The summed E-state index contributed by atoms with van der Waals surface area (Å²) in [5, 5.41) is 3.80. The van der Waals surface area contributed by atoms with Crippen LogP contribution in [0.1, 0.15) is 42.6 Å². The van der Waals surface area contributed by atoms with E-state index in [9.17, 15) is 4.79 Å². The maximum atomic E-state index is 11.7. The van der Waals surface area contributed by atoms with E-state index in [0.29, 0.717) is 38.9 Å². The molecule has 3 aromatic rings. The summed E-state index contributed by atoms with van der Waals surface area (Å²) in [6.45, 7) is 5.23. The smallest absolute Gasteiger partial charge is 0.222 e.